The molecule has 3 aromatic rings. The van der Waals surface area contributed by atoms with Crippen molar-refractivity contribution in [1.82, 2.24) is 4.98 Å². The van der Waals surface area contributed by atoms with Gasteiger partial charge < -0.3 is 4.98 Å². The Morgan fingerprint density at radius 1 is 1.20 bits per heavy atom. The molecule has 1 aromatic heterocycles. The SMILES string of the molecule is O=[N+]([O-])c1cccc(NN=C2CCCc3[nH]c4ccc(F)cc4c32)c1. The van der Waals surface area contributed by atoms with Gasteiger partial charge >= 0.3 is 0 Å². The molecule has 25 heavy (non-hydrogen) atoms. The van der Waals surface area contributed by atoms with Gasteiger partial charge in [0.25, 0.3) is 5.69 Å². The molecule has 0 radical (unpaired) electrons. The van der Waals surface area contributed by atoms with Gasteiger partial charge in [-0.25, -0.2) is 4.39 Å². The lowest BCUT2D eigenvalue weighted by molar-refractivity contribution is -0.384. The van der Waals surface area contributed by atoms with E-state index in [0.29, 0.717) is 5.69 Å². The summed E-state index contributed by atoms with van der Waals surface area (Å²) in [6.07, 6.45) is 2.59. The number of hydrogen-bond acceptors (Lipinski definition) is 4. The number of nitro groups is 1. The van der Waals surface area contributed by atoms with Gasteiger partial charge in [0.05, 0.1) is 16.3 Å². The molecule has 0 aliphatic heterocycles. The second kappa shape index (κ2) is 6.01. The summed E-state index contributed by atoms with van der Waals surface area (Å²) in [5.74, 6) is -0.286. The van der Waals surface area contributed by atoms with Crippen molar-refractivity contribution in [3.63, 3.8) is 0 Å². The number of aryl methyl sites for hydroxylation is 1. The molecule has 0 saturated heterocycles. The molecule has 2 N–H and O–H groups in total. The number of anilines is 1. The summed E-state index contributed by atoms with van der Waals surface area (Å²) in [5, 5.41) is 16.1. The molecule has 7 heteroatoms. The first-order chi connectivity index (χ1) is 12.1. The Morgan fingerprint density at radius 2 is 2.08 bits per heavy atom. The largest absolute Gasteiger partial charge is 0.358 e. The number of non-ortho nitro benzene ring substituents is 1. The van der Waals surface area contributed by atoms with Crippen molar-refractivity contribution in [3.05, 3.63) is 69.7 Å². The lowest BCUT2D eigenvalue weighted by atomic mass is 9.93. The van der Waals surface area contributed by atoms with Crippen molar-refractivity contribution in [1.29, 1.82) is 0 Å². The predicted molar refractivity (Wildman–Crippen MR) is 94.5 cm³/mol. The molecule has 6 nitrogen and oxygen atoms in total. The van der Waals surface area contributed by atoms with Crippen LogP contribution in [0, 0.1) is 15.9 Å². The first-order valence-corrected chi connectivity index (χ1v) is 7.99. The standard InChI is InChI=1S/C18H15FN4O2/c19-11-7-8-15-14(9-11)18-16(20-15)5-2-6-17(18)22-21-12-3-1-4-13(10-12)23(24)25/h1,3-4,7-10,20-21H,2,5-6H2. The number of halogens is 1. The fraction of sp³-hybridized carbons (Fsp3) is 0.167. The molecular weight excluding hydrogens is 323 g/mol. The molecule has 1 heterocycles. The third-order valence-electron chi connectivity index (χ3n) is 4.34. The van der Waals surface area contributed by atoms with Crippen molar-refractivity contribution in [3.8, 4) is 0 Å². The van der Waals surface area contributed by atoms with Crippen LogP contribution in [0.5, 0.6) is 0 Å². The maximum Gasteiger partial charge on any atom is 0.271 e. The highest BCUT2D eigenvalue weighted by molar-refractivity contribution is 6.12. The number of H-pyrrole nitrogens is 1. The monoisotopic (exact) mass is 338 g/mol. The number of benzene rings is 2. The third kappa shape index (κ3) is 2.84. The first kappa shape index (κ1) is 15.3. The van der Waals surface area contributed by atoms with E-state index < -0.39 is 4.92 Å². The lowest BCUT2D eigenvalue weighted by Gasteiger charge is -2.14. The minimum Gasteiger partial charge on any atom is -0.358 e. The van der Waals surface area contributed by atoms with Gasteiger partial charge in [-0.2, -0.15) is 5.10 Å². The molecule has 4 rings (SSSR count). The topological polar surface area (TPSA) is 83.3 Å². The summed E-state index contributed by atoms with van der Waals surface area (Å²) < 4.78 is 13.6. The van der Waals surface area contributed by atoms with Crippen LogP contribution in [0.2, 0.25) is 0 Å². The molecule has 0 amide bonds. The van der Waals surface area contributed by atoms with Gasteiger partial charge in [-0.1, -0.05) is 6.07 Å². The minimum atomic E-state index is -0.445. The maximum atomic E-state index is 13.6. The van der Waals surface area contributed by atoms with E-state index in [1.165, 1.54) is 24.3 Å². The van der Waals surface area contributed by atoms with Gasteiger partial charge in [0, 0.05) is 34.3 Å². The number of aromatic amines is 1. The fourth-order valence-electron chi connectivity index (χ4n) is 3.23. The van der Waals surface area contributed by atoms with Crippen molar-refractivity contribution in [2.24, 2.45) is 5.10 Å². The van der Waals surface area contributed by atoms with Crippen LogP contribution >= 0.6 is 0 Å². The van der Waals surface area contributed by atoms with E-state index in [1.54, 1.807) is 18.2 Å². The molecule has 2 aromatic carbocycles. The van der Waals surface area contributed by atoms with Crippen LogP contribution in [0.4, 0.5) is 15.8 Å². The smallest absolute Gasteiger partial charge is 0.271 e. The van der Waals surface area contributed by atoms with Crippen LogP contribution in [-0.4, -0.2) is 15.6 Å². The second-order valence-corrected chi connectivity index (χ2v) is 6.00. The Bertz CT molecular complexity index is 1010. The Hall–Kier alpha value is -3.22. The summed E-state index contributed by atoms with van der Waals surface area (Å²) in [6, 6.07) is 10.9. The second-order valence-electron chi connectivity index (χ2n) is 6.00. The summed E-state index contributed by atoms with van der Waals surface area (Å²) in [4.78, 5) is 13.8. The van der Waals surface area contributed by atoms with Gasteiger partial charge in [0.2, 0.25) is 0 Å². The number of fused-ring (bicyclic) bond motifs is 3. The van der Waals surface area contributed by atoms with Gasteiger partial charge in [-0.15, -0.1) is 0 Å². The number of nitro benzene ring substituents is 1. The highest BCUT2D eigenvalue weighted by atomic mass is 19.1. The first-order valence-electron chi connectivity index (χ1n) is 7.99. The number of hydrazone groups is 1. The van der Waals surface area contributed by atoms with Crippen LogP contribution in [0.25, 0.3) is 10.9 Å². The van der Waals surface area contributed by atoms with Crippen molar-refractivity contribution in [2.75, 3.05) is 5.43 Å². The average Bonchev–Trinajstić information content (AvgIpc) is 2.98. The number of rotatable bonds is 3. The highest BCUT2D eigenvalue weighted by Crippen LogP contribution is 2.30. The molecule has 0 unspecified atom stereocenters. The van der Waals surface area contributed by atoms with Crippen LogP contribution in [-0.2, 0) is 6.42 Å². The van der Waals surface area contributed by atoms with E-state index >= 15 is 0 Å². The van der Waals surface area contributed by atoms with E-state index in [0.717, 1.165) is 47.1 Å². The number of nitrogens with one attached hydrogen (secondary N) is 2. The zero-order chi connectivity index (χ0) is 17.4. The molecule has 0 fully saturated rings. The molecule has 0 bridgehead atoms. The summed E-state index contributed by atoms with van der Waals surface area (Å²) in [5.41, 5.74) is 7.13. The molecule has 0 atom stereocenters. The molecule has 0 spiro atoms. The molecular formula is C18H15FN4O2. The average molecular weight is 338 g/mol. The third-order valence-corrected chi connectivity index (χ3v) is 4.34. The zero-order valence-electron chi connectivity index (χ0n) is 13.3. The molecule has 1 aliphatic rings. The Kier molecular flexibility index (Phi) is 3.68. The van der Waals surface area contributed by atoms with Crippen molar-refractivity contribution < 1.29 is 9.31 Å². The number of aromatic nitrogens is 1. The van der Waals surface area contributed by atoms with Gasteiger partial charge in [0.1, 0.15) is 5.82 Å². The van der Waals surface area contributed by atoms with E-state index in [9.17, 15) is 14.5 Å². The highest BCUT2D eigenvalue weighted by Gasteiger charge is 2.21. The maximum absolute atomic E-state index is 13.6. The zero-order valence-corrected chi connectivity index (χ0v) is 13.3. The van der Waals surface area contributed by atoms with Crippen LogP contribution in [0.3, 0.4) is 0 Å². The number of nitrogens with zero attached hydrogens (tertiary/aromatic N) is 2. The quantitative estimate of drug-likeness (QED) is 0.549. The molecule has 126 valence electrons. The van der Waals surface area contributed by atoms with E-state index in [-0.39, 0.29) is 11.5 Å². The minimum absolute atomic E-state index is 0.00342. The van der Waals surface area contributed by atoms with Gasteiger partial charge in [-0.05, 0) is 43.5 Å². The molecule has 0 saturated carbocycles. The van der Waals surface area contributed by atoms with Gasteiger partial charge in [-0.3, -0.25) is 15.5 Å². The van der Waals surface area contributed by atoms with Crippen molar-refractivity contribution in [2.45, 2.75) is 19.3 Å². The number of hydrogen-bond donors (Lipinski definition) is 2. The Labute approximate surface area is 142 Å². The van der Waals surface area contributed by atoms with Gasteiger partial charge in [0.15, 0.2) is 0 Å². The predicted octanol–water partition coefficient (Wildman–Crippen LogP) is 4.37. The summed E-state index contributed by atoms with van der Waals surface area (Å²) in [7, 11) is 0. The van der Waals surface area contributed by atoms with Crippen molar-refractivity contribution >= 4 is 28.0 Å². The fourth-order valence-corrected chi connectivity index (χ4v) is 3.23. The molecule has 1 aliphatic carbocycles. The van der Waals surface area contributed by atoms with E-state index in [4.69, 9.17) is 0 Å². The van der Waals surface area contributed by atoms with Crippen LogP contribution < -0.4 is 5.43 Å². The van der Waals surface area contributed by atoms with Crippen LogP contribution in [0.1, 0.15) is 24.1 Å². The Morgan fingerprint density at radius 3 is 2.92 bits per heavy atom. The summed E-state index contributed by atoms with van der Waals surface area (Å²) >= 11 is 0. The van der Waals surface area contributed by atoms with E-state index in [1.807, 2.05) is 0 Å². The Balaban J connectivity index is 1.72. The van der Waals surface area contributed by atoms with Crippen LogP contribution in [0.15, 0.2) is 47.6 Å². The van der Waals surface area contributed by atoms with E-state index in [2.05, 4.69) is 15.5 Å². The normalized spacial score (nSPS) is 15.3. The lowest BCUT2D eigenvalue weighted by Crippen LogP contribution is -2.12. The summed E-state index contributed by atoms with van der Waals surface area (Å²) in [6.45, 7) is 0.